The molecule has 172 valence electrons. The summed E-state index contributed by atoms with van der Waals surface area (Å²) in [6, 6.07) is 19.1. The first-order valence-corrected chi connectivity index (χ1v) is 12.9. The number of aryl methyl sites for hydroxylation is 1. The van der Waals surface area contributed by atoms with Crippen LogP contribution in [0.15, 0.2) is 60.7 Å². The van der Waals surface area contributed by atoms with Crippen molar-refractivity contribution in [3.8, 4) is 0 Å². The van der Waals surface area contributed by atoms with E-state index in [1.807, 2.05) is 48.5 Å². The van der Waals surface area contributed by atoms with Crippen molar-refractivity contribution >= 4 is 19.5 Å². The lowest BCUT2D eigenvalue weighted by Gasteiger charge is -2.20. The lowest BCUT2D eigenvalue weighted by atomic mass is 10.1. The van der Waals surface area contributed by atoms with E-state index >= 15 is 0 Å². The molecule has 1 heterocycles. The number of nitrogens with one attached hydrogen (secondary N) is 2. The van der Waals surface area contributed by atoms with Gasteiger partial charge in [0.15, 0.2) is 0 Å². The molecule has 1 aliphatic heterocycles. The first-order valence-electron chi connectivity index (χ1n) is 11.1. The summed E-state index contributed by atoms with van der Waals surface area (Å²) in [7, 11) is -3.31. The van der Waals surface area contributed by atoms with Gasteiger partial charge in [-0.15, -0.1) is 0 Å². The highest BCUT2D eigenvalue weighted by atomic mass is 31.2. The first-order chi connectivity index (χ1) is 15.5. The Morgan fingerprint density at radius 1 is 1.00 bits per heavy atom. The fourth-order valence-corrected chi connectivity index (χ4v) is 5.27. The zero-order chi connectivity index (χ0) is 22.7. The Morgan fingerprint density at radius 2 is 1.69 bits per heavy atom. The summed E-state index contributed by atoms with van der Waals surface area (Å²) in [5.74, 6) is -1.34. The normalized spacial score (nSPS) is 17.6. The van der Waals surface area contributed by atoms with Gasteiger partial charge in [0.05, 0.1) is 6.61 Å². The Labute approximate surface area is 189 Å². The van der Waals surface area contributed by atoms with Crippen molar-refractivity contribution in [1.29, 1.82) is 0 Å². The van der Waals surface area contributed by atoms with E-state index in [0.29, 0.717) is 12.8 Å². The van der Waals surface area contributed by atoms with Gasteiger partial charge in [0.25, 0.3) is 7.52 Å². The van der Waals surface area contributed by atoms with Crippen LogP contribution in [0.4, 0.5) is 0 Å². The highest BCUT2D eigenvalue weighted by Gasteiger charge is 2.28. The Hall–Kier alpha value is -2.31. The minimum absolute atomic E-state index is 0.170. The zero-order valence-corrected chi connectivity index (χ0v) is 19.1. The van der Waals surface area contributed by atoms with Gasteiger partial charge in [0.1, 0.15) is 12.6 Å². The quantitative estimate of drug-likeness (QED) is 0.216. The van der Waals surface area contributed by atoms with Crippen LogP contribution in [-0.2, 0) is 36.4 Å². The van der Waals surface area contributed by atoms with Gasteiger partial charge < -0.3 is 14.6 Å². The molecule has 1 fully saturated rings. The van der Waals surface area contributed by atoms with Crippen molar-refractivity contribution in [2.75, 3.05) is 19.3 Å². The number of unbranched alkanes of at least 4 members (excludes halogenated alkanes) is 1. The fraction of sp³-hybridized carbons (Fsp3) is 0.417. The number of hydrogen-bond acceptors (Lipinski definition) is 6. The lowest BCUT2D eigenvalue weighted by Crippen LogP contribution is -2.36. The van der Waals surface area contributed by atoms with Crippen LogP contribution in [0.1, 0.15) is 36.8 Å². The van der Waals surface area contributed by atoms with Crippen LogP contribution in [0, 0.1) is 0 Å². The SMILES string of the molecule is O=C(CNP(=O)(CCCCc1ccccc1)OCc1ccccc1)OC(=O)[C@@H]1CCCN1. The van der Waals surface area contributed by atoms with Gasteiger partial charge in [0, 0.05) is 6.16 Å². The lowest BCUT2D eigenvalue weighted by molar-refractivity contribution is -0.160. The van der Waals surface area contributed by atoms with Crippen molar-refractivity contribution in [1.82, 2.24) is 10.4 Å². The van der Waals surface area contributed by atoms with Crippen molar-refractivity contribution < 1.29 is 23.4 Å². The Kier molecular flexibility index (Phi) is 9.62. The molecule has 8 heteroatoms. The minimum atomic E-state index is -3.31. The summed E-state index contributed by atoms with van der Waals surface area (Å²) in [5.41, 5.74) is 2.12. The van der Waals surface area contributed by atoms with E-state index in [1.54, 1.807) is 0 Å². The largest absolute Gasteiger partial charge is 0.391 e. The molecule has 32 heavy (non-hydrogen) atoms. The number of ether oxygens (including phenoxy) is 1. The second-order valence-electron chi connectivity index (χ2n) is 7.88. The molecule has 0 aliphatic carbocycles. The van der Waals surface area contributed by atoms with Crippen LogP contribution in [0.3, 0.4) is 0 Å². The van der Waals surface area contributed by atoms with E-state index in [-0.39, 0.29) is 19.3 Å². The summed E-state index contributed by atoms with van der Waals surface area (Å²) in [5, 5.41) is 5.74. The van der Waals surface area contributed by atoms with Crippen LogP contribution in [0.25, 0.3) is 0 Å². The number of esters is 2. The number of carbonyl (C=O) groups excluding carboxylic acids is 2. The van der Waals surface area contributed by atoms with E-state index in [2.05, 4.69) is 22.5 Å². The van der Waals surface area contributed by atoms with Gasteiger partial charge in [-0.3, -0.25) is 9.36 Å². The molecule has 1 saturated heterocycles. The summed E-state index contributed by atoms with van der Waals surface area (Å²) >= 11 is 0. The standard InChI is InChI=1S/C24H31N2O5P/c27-23(31-24(28)22-15-9-16-25-22)18-26-32(29,30-19-21-13-5-2-6-14-21)17-8-7-12-20-10-3-1-4-11-20/h1-6,10-11,13-14,22,25H,7-9,12,15-19H2,(H,26,29)/t22-,32?/m0/s1. The second kappa shape index (κ2) is 12.7. The third kappa shape index (κ3) is 8.32. The van der Waals surface area contributed by atoms with E-state index in [0.717, 1.165) is 31.4 Å². The maximum atomic E-state index is 13.4. The molecule has 7 nitrogen and oxygen atoms in total. The molecule has 0 spiro atoms. The van der Waals surface area contributed by atoms with Crippen molar-refractivity contribution in [3.05, 3.63) is 71.8 Å². The van der Waals surface area contributed by atoms with Gasteiger partial charge in [0.2, 0.25) is 0 Å². The fourth-order valence-electron chi connectivity index (χ4n) is 3.53. The molecule has 2 aromatic rings. The smallest absolute Gasteiger partial charge is 0.330 e. The monoisotopic (exact) mass is 458 g/mol. The minimum Gasteiger partial charge on any atom is -0.391 e. The Bertz CT molecular complexity index is 901. The summed E-state index contributed by atoms with van der Waals surface area (Å²) in [6.07, 6.45) is 4.22. The summed E-state index contributed by atoms with van der Waals surface area (Å²) in [6.45, 7) is 0.560. The molecular formula is C24H31N2O5P. The van der Waals surface area contributed by atoms with Crippen molar-refractivity contribution in [3.63, 3.8) is 0 Å². The predicted octanol–water partition coefficient (Wildman–Crippen LogP) is 3.83. The van der Waals surface area contributed by atoms with E-state index < -0.39 is 25.5 Å². The highest BCUT2D eigenvalue weighted by Crippen LogP contribution is 2.44. The van der Waals surface area contributed by atoms with E-state index in [1.165, 1.54) is 5.56 Å². The molecule has 0 aromatic heterocycles. The molecule has 2 atom stereocenters. The van der Waals surface area contributed by atoms with Crippen molar-refractivity contribution in [2.24, 2.45) is 0 Å². The summed E-state index contributed by atoms with van der Waals surface area (Å²) in [4.78, 5) is 24.1. The van der Waals surface area contributed by atoms with Crippen LogP contribution >= 0.6 is 7.52 Å². The average molecular weight is 458 g/mol. The topological polar surface area (TPSA) is 93.7 Å². The maximum absolute atomic E-state index is 13.4. The van der Waals surface area contributed by atoms with Gasteiger partial charge in [-0.2, -0.15) is 0 Å². The molecule has 0 radical (unpaired) electrons. The van der Waals surface area contributed by atoms with E-state index in [9.17, 15) is 14.2 Å². The third-order valence-electron chi connectivity index (χ3n) is 5.32. The number of hydrogen-bond donors (Lipinski definition) is 2. The van der Waals surface area contributed by atoms with Gasteiger partial charge >= 0.3 is 11.9 Å². The highest BCUT2D eigenvalue weighted by molar-refractivity contribution is 7.56. The van der Waals surface area contributed by atoms with Gasteiger partial charge in [-0.1, -0.05) is 60.7 Å². The van der Waals surface area contributed by atoms with Crippen LogP contribution < -0.4 is 10.4 Å². The second-order valence-corrected chi connectivity index (χ2v) is 10.2. The molecule has 2 aromatic carbocycles. The Balaban J connectivity index is 1.50. The molecule has 3 rings (SSSR count). The number of rotatable bonds is 12. The van der Waals surface area contributed by atoms with Crippen LogP contribution in [0.2, 0.25) is 0 Å². The predicted molar refractivity (Wildman–Crippen MR) is 123 cm³/mol. The van der Waals surface area contributed by atoms with Gasteiger partial charge in [-0.25, -0.2) is 9.88 Å². The Morgan fingerprint density at radius 3 is 2.34 bits per heavy atom. The van der Waals surface area contributed by atoms with Crippen LogP contribution in [0.5, 0.6) is 0 Å². The first kappa shape index (κ1) is 24.3. The number of benzene rings is 2. The summed E-state index contributed by atoms with van der Waals surface area (Å²) < 4.78 is 24.1. The van der Waals surface area contributed by atoms with Gasteiger partial charge in [-0.05, 0) is 49.8 Å². The molecule has 2 N–H and O–H groups in total. The molecule has 0 amide bonds. The molecule has 0 saturated carbocycles. The molecule has 1 unspecified atom stereocenters. The zero-order valence-electron chi connectivity index (χ0n) is 18.2. The number of carbonyl (C=O) groups is 2. The van der Waals surface area contributed by atoms with Crippen molar-refractivity contribution in [2.45, 2.75) is 44.8 Å². The van der Waals surface area contributed by atoms with E-state index in [4.69, 9.17) is 9.26 Å². The molecule has 0 bridgehead atoms. The molecule has 1 aliphatic rings. The molecular weight excluding hydrogens is 427 g/mol. The maximum Gasteiger partial charge on any atom is 0.330 e. The van der Waals surface area contributed by atoms with Crippen LogP contribution in [-0.4, -0.2) is 37.2 Å². The third-order valence-corrected chi connectivity index (χ3v) is 7.41. The average Bonchev–Trinajstić information content (AvgIpc) is 3.36.